The normalized spacial score (nSPS) is 12.3. The van der Waals surface area contributed by atoms with Crippen molar-refractivity contribution in [3.63, 3.8) is 0 Å². The second kappa shape index (κ2) is 6.31. The van der Waals surface area contributed by atoms with Gasteiger partial charge in [0.05, 0.1) is 6.04 Å². The molecule has 1 rings (SSSR count). The molecule has 1 atom stereocenters. The molecule has 3 N–H and O–H groups in total. The van der Waals surface area contributed by atoms with Gasteiger partial charge in [0.15, 0.2) is 5.78 Å². The first kappa shape index (κ1) is 14.4. The van der Waals surface area contributed by atoms with E-state index in [2.05, 4.69) is 5.32 Å². The third kappa shape index (κ3) is 4.30. The van der Waals surface area contributed by atoms with E-state index in [9.17, 15) is 9.59 Å². The smallest absolute Gasteiger partial charge is 0.241 e. The van der Waals surface area contributed by atoms with Gasteiger partial charge in [-0.3, -0.25) is 9.59 Å². The van der Waals surface area contributed by atoms with Gasteiger partial charge in [0.25, 0.3) is 0 Å². The topological polar surface area (TPSA) is 72.2 Å². The van der Waals surface area contributed by atoms with Crippen molar-refractivity contribution in [1.82, 2.24) is 0 Å². The number of Topliss-reactive ketones (excluding diaryl/α,β-unsaturated/α-hetero) is 1. The van der Waals surface area contributed by atoms with Crippen LogP contribution in [0.3, 0.4) is 0 Å². The largest absolute Gasteiger partial charge is 0.325 e. The van der Waals surface area contributed by atoms with Crippen LogP contribution < -0.4 is 11.1 Å². The van der Waals surface area contributed by atoms with E-state index in [1.54, 1.807) is 24.3 Å². The summed E-state index contributed by atoms with van der Waals surface area (Å²) >= 11 is 0. The van der Waals surface area contributed by atoms with Gasteiger partial charge in [-0.2, -0.15) is 0 Å². The van der Waals surface area contributed by atoms with Gasteiger partial charge in [-0.15, -0.1) is 0 Å². The van der Waals surface area contributed by atoms with E-state index in [1.807, 2.05) is 13.8 Å². The Kier molecular flexibility index (Phi) is 5.04. The van der Waals surface area contributed by atoms with Crippen molar-refractivity contribution in [2.24, 2.45) is 11.7 Å². The molecule has 0 aliphatic carbocycles. The Hall–Kier alpha value is -1.68. The highest BCUT2D eigenvalue weighted by Gasteiger charge is 2.14. The first-order valence-corrected chi connectivity index (χ1v) is 6.07. The van der Waals surface area contributed by atoms with Gasteiger partial charge in [-0.05, 0) is 43.5 Å². The number of hydrogen-bond donors (Lipinski definition) is 2. The van der Waals surface area contributed by atoms with Crippen LogP contribution in [0.4, 0.5) is 5.69 Å². The molecule has 0 fully saturated rings. The van der Waals surface area contributed by atoms with E-state index in [1.165, 1.54) is 6.92 Å². The van der Waals surface area contributed by atoms with E-state index < -0.39 is 6.04 Å². The van der Waals surface area contributed by atoms with Crippen molar-refractivity contribution < 1.29 is 9.59 Å². The molecule has 0 heterocycles. The number of amides is 1. The number of carbonyl (C=O) groups excluding carboxylic acids is 2. The van der Waals surface area contributed by atoms with E-state index in [4.69, 9.17) is 5.73 Å². The molecule has 0 radical (unpaired) electrons. The number of ketones is 1. The van der Waals surface area contributed by atoms with Crippen LogP contribution in [-0.2, 0) is 4.79 Å². The van der Waals surface area contributed by atoms with Crippen molar-refractivity contribution in [3.05, 3.63) is 29.8 Å². The highest BCUT2D eigenvalue weighted by atomic mass is 16.2. The van der Waals surface area contributed by atoms with Gasteiger partial charge < -0.3 is 11.1 Å². The first-order valence-electron chi connectivity index (χ1n) is 6.07. The van der Waals surface area contributed by atoms with Crippen LogP contribution in [0.5, 0.6) is 0 Å². The molecule has 98 valence electrons. The molecule has 4 nitrogen and oxygen atoms in total. The molecule has 0 bridgehead atoms. The summed E-state index contributed by atoms with van der Waals surface area (Å²) in [6.07, 6.45) is 0.650. The van der Waals surface area contributed by atoms with Gasteiger partial charge in [-0.1, -0.05) is 13.8 Å². The predicted molar refractivity (Wildman–Crippen MR) is 72.5 cm³/mol. The summed E-state index contributed by atoms with van der Waals surface area (Å²) in [6, 6.07) is 6.28. The lowest BCUT2D eigenvalue weighted by Gasteiger charge is -2.14. The second-order valence-corrected chi connectivity index (χ2v) is 4.86. The predicted octanol–water partition coefficient (Wildman–Crippen LogP) is 2.20. The summed E-state index contributed by atoms with van der Waals surface area (Å²) in [6.45, 7) is 5.55. The van der Waals surface area contributed by atoms with Crippen molar-refractivity contribution in [3.8, 4) is 0 Å². The highest BCUT2D eigenvalue weighted by Crippen LogP contribution is 2.11. The molecule has 18 heavy (non-hydrogen) atoms. The van der Waals surface area contributed by atoms with Crippen molar-refractivity contribution in [2.45, 2.75) is 33.2 Å². The Morgan fingerprint density at radius 1 is 1.22 bits per heavy atom. The Bertz CT molecular complexity index is 424. The number of hydrogen-bond acceptors (Lipinski definition) is 3. The molecular formula is C14H20N2O2. The van der Waals surface area contributed by atoms with Crippen LogP contribution in [-0.4, -0.2) is 17.7 Å². The maximum atomic E-state index is 11.8. The lowest BCUT2D eigenvalue weighted by Crippen LogP contribution is -2.36. The molecule has 0 saturated heterocycles. The molecule has 0 aromatic heterocycles. The van der Waals surface area contributed by atoms with Crippen molar-refractivity contribution >= 4 is 17.4 Å². The van der Waals surface area contributed by atoms with Crippen molar-refractivity contribution in [2.75, 3.05) is 5.32 Å². The number of benzene rings is 1. The molecule has 1 aromatic carbocycles. The fourth-order valence-electron chi connectivity index (χ4n) is 1.64. The van der Waals surface area contributed by atoms with E-state index in [0.717, 1.165) is 0 Å². The van der Waals surface area contributed by atoms with E-state index in [0.29, 0.717) is 23.6 Å². The summed E-state index contributed by atoms with van der Waals surface area (Å²) in [5.41, 5.74) is 7.06. The molecule has 1 aromatic rings. The zero-order chi connectivity index (χ0) is 13.7. The van der Waals surface area contributed by atoms with Crippen LogP contribution in [0.1, 0.15) is 37.6 Å². The zero-order valence-corrected chi connectivity index (χ0v) is 11.1. The van der Waals surface area contributed by atoms with Gasteiger partial charge in [-0.25, -0.2) is 0 Å². The van der Waals surface area contributed by atoms with E-state index in [-0.39, 0.29) is 11.7 Å². The van der Waals surface area contributed by atoms with Gasteiger partial charge in [0.1, 0.15) is 0 Å². The first-order chi connectivity index (χ1) is 8.40. The lowest BCUT2D eigenvalue weighted by atomic mass is 10.0. The molecule has 0 saturated carbocycles. The van der Waals surface area contributed by atoms with Gasteiger partial charge in [0.2, 0.25) is 5.91 Å². The minimum atomic E-state index is -0.502. The van der Waals surface area contributed by atoms with Crippen LogP contribution in [0.15, 0.2) is 24.3 Å². The fourth-order valence-corrected chi connectivity index (χ4v) is 1.64. The maximum Gasteiger partial charge on any atom is 0.241 e. The second-order valence-electron chi connectivity index (χ2n) is 4.86. The average Bonchev–Trinajstić information content (AvgIpc) is 2.28. The summed E-state index contributed by atoms with van der Waals surface area (Å²) in [7, 11) is 0. The molecule has 1 amide bonds. The maximum absolute atomic E-state index is 11.8. The Morgan fingerprint density at radius 2 is 1.78 bits per heavy atom. The van der Waals surface area contributed by atoms with E-state index >= 15 is 0 Å². The highest BCUT2D eigenvalue weighted by molar-refractivity contribution is 5.97. The average molecular weight is 248 g/mol. The van der Waals surface area contributed by atoms with Gasteiger partial charge in [0, 0.05) is 11.3 Å². The quantitative estimate of drug-likeness (QED) is 0.785. The van der Waals surface area contributed by atoms with Crippen LogP contribution in [0, 0.1) is 5.92 Å². The zero-order valence-electron chi connectivity index (χ0n) is 11.1. The minimum absolute atomic E-state index is 0.00406. The minimum Gasteiger partial charge on any atom is -0.325 e. The molecule has 0 aliphatic heterocycles. The number of anilines is 1. The van der Waals surface area contributed by atoms with Crippen LogP contribution >= 0.6 is 0 Å². The van der Waals surface area contributed by atoms with Gasteiger partial charge >= 0.3 is 0 Å². The molecular weight excluding hydrogens is 228 g/mol. The molecule has 0 aliphatic rings. The fraction of sp³-hybridized carbons (Fsp3) is 0.429. The SMILES string of the molecule is CC(=O)c1ccc(NC(=O)[C@@H](N)CC(C)C)cc1. The van der Waals surface area contributed by atoms with Crippen LogP contribution in [0.25, 0.3) is 0 Å². The summed E-state index contributed by atoms with van der Waals surface area (Å²) < 4.78 is 0. The summed E-state index contributed by atoms with van der Waals surface area (Å²) in [5.74, 6) is 0.189. The molecule has 4 heteroatoms. The Morgan fingerprint density at radius 3 is 2.22 bits per heavy atom. The monoisotopic (exact) mass is 248 g/mol. The molecule has 0 spiro atoms. The standard InChI is InChI=1S/C14H20N2O2/c1-9(2)8-13(15)14(18)16-12-6-4-11(5-7-12)10(3)17/h4-7,9,13H,8,15H2,1-3H3,(H,16,18)/t13-/m0/s1. The Balaban J connectivity index is 2.62. The number of carbonyl (C=O) groups is 2. The number of rotatable bonds is 5. The van der Waals surface area contributed by atoms with Crippen LogP contribution in [0.2, 0.25) is 0 Å². The lowest BCUT2D eigenvalue weighted by molar-refractivity contribution is -0.117. The molecule has 0 unspecified atom stereocenters. The number of nitrogens with two attached hydrogens (primary N) is 1. The van der Waals surface area contributed by atoms with Crippen molar-refractivity contribution in [1.29, 1.82) is 0 Å². The summed E-state index contributed by atoms with van der Waals surface area (Å²) in [4.78, 5) is 22.9. The third-order valence-corrected chi connectivity index (χ3v) is 2.62. The number of nitrogens with one attached hydrogen (secondary N) is 1. The summed E-state index contributed by atoms with van der Waals surface area (Å²) in [5, 5.41) is 2.74. The Labute approximate surface area is 108 Å². The third-order valence-electron chi connectivity index (χ3n) is 2.62.